The fourth-order valence-electron chi connectivity index (χ4n) is 2.43. The molecule has 0 aliphatic carbocycles. The summed E-state index contributed by atoms with van der Waals surface area (Å²) >= 11 is 0. The predicted molar refractivity (Wildman–Crippen MR) is 85.5 cm³/mol. The lowest BCUT2D eigenvalue weighted by Gasteiger charge is -2.30. The van der Waals surface area contributed by atoms with Gasteiger partial charge in [-0.3, -0.25) is 4.90 Å². The van der Waals surface area contributed by atoms with Gasteiger partial charge in [0.25, 0.3) is 0 Å². The first kappa shape index (κ1) is 14.8. The molecule has 0 amide bonds. The van der Waals surface area contributed by atoms with Crippen LogP contribution in [0.2, 0.25) is 0 Å². The molecule has 2 aromatic carbocycles. The Morgan fingerprint density at radius 1 is 1.00 bits per heavy atom. The van der Waals surface area contributed by atoms with Crippen molar-refractivity contribution >= 4 is 0 Å². The van der Waals surface area contributed by atoms with E-state index in [-0.39, 0.29) is 12.1 Å². The van der Waals surface area contributed by atoms with Crippen LogP contribution in [0.15, 0.2) is 54.6 Å². The molecule has 0 spiro atoms. The number of aryl methyl sites for hydroxylation is 1. The van der Waals surface area contributed by atoms with Crippen molar-refractivity contribution in [2.75, 3.05) is 7.05 Å². The Balaban J connectivity index is 2.05. The van der Waals surface area contributed by atoms with Gasteiger partial charge in [-0.25, -0.2) is 0 Å². The van der Waals surface area contributed by atoms with Crippen LogP contribution in [0.1, 0.15) is 29.7 Å². The lowest BCUT2D eigenvalue weighted by Crippen LogP contribution is -2.38. The standard InChI is InChI=1S/C18H24N2/c1-14-9-7-8-12-17(14)13-20(3)15(2)18(19)16-10-5-4-6-11-16/h4-12,15,18H,13,19H2,1-3H3. The molecule has 0 heterocycles. The highest BCUT2D eigenvalue weighted by Gasteiger charge is 2.19. The summed E-state index contributed by atoms with van der Waals surface area (Å²) in [6.45, 7) is 5.27. The summed E-state index contributed by atoms with van der Waals surface area (Å²) in [4.78, 5) is 2.32. The van der Waals surface area contributed by atoms with Crippen LogP contribution in [0.4, 0.5) is 0 Å². The molecule has 106 valence electrons. The zero-order valence-electron chi connectivity index (χ0n) is 12.6. The number of nitrogens with zero attached hydrogens (tertiary/aromatic N) is 1. The maximum absolute atomic E-state index is 6.39. The Kier molecular flexibility index (Phi) is 4.94. The molecule has 0 saturated carbocycles. The van der Waals surface area contributed by atoms with Crippen molar-refractivity contribution in [1.29, 1.82) is 0 Å². The van der Waals surface area contributed by atoms with Gasteiger partial charge in [-0.1, -0.05) is 54.6 Å². The van der Waals surface area contributed by atoms with Crippen molar-refractivity contribution in [2.24, 2.45) is 5.73 Å². The van der Waals surface area contributed by atoms with Gasteiger partial charge < -0.3 is 5.73 Å². The Labute approximate surface area is 122 Å². The van der Waals surface area contributed by atoms with Gasteiger partial charge in [0, 0.05) is 18.6 Å². The van der Waals surface area contributed by atoms with Crippen LogP contribution >= 0.6 is 0 Å². The summed E-state index contributed by atoms with van der Waals surface area (Å²) in [6.07, 6.45) is 0. The smallest absolute Gasteiger partial charge is 0.0450 e. The summed E-state index contributed by atoms with van der Waals surface area (Å²) < 4.78 is 0. The molecule has 2 unspecified atom stereocenters. The van der Waals surface area contributed by atoms with E-state index >= 15 is 0 Å². The van der Waals surface area contributed by atoms with Gasteiger partial charge in [-0.05, 0) is 37.6 Å². The van der Waals surface area contributed by atoms with Gasteiger partial charge >= 0.3 is 0 Å². The molecule has 20 heavy (non-hydrogen) atoms. The molecule has 2 heteroatoms. The molecule has 0 fully saturated rings. The largest absolute Gasteiger partial charge is 0.323 e. The number of hydrogen-bond donors (Lipinski definition) is 1. The third-order valence-corrected chi connectivity index (χ3v) is 4.08. The van der Waals surface area contributed by atoms with E-state index in [9.17, 15) is 0 Å². The van der Waals surface area contributed by atoms with Crippen LogP contribution in [0.5, 0.6) is 0 Å². The molecule has 2 nitrogen and oxygen atoms in total. The minimum atomic E-state index is 0.0326. The highest BCUT2D eigenvalue weighted by Crippen LogP contribution is 2.19. The lowest BCUT2D eigenvalue weighted by molar-refractivity contribution is 0.219. The van der Waals surface area contributed by atoms with Crippen molar-refractivity contribution in [3.8, 4) is 0 Å². The summed E-state index contributed by atoms with van der Waals surface area (Å²) in [7, 11) is 2.14. The number of hydrogen-bond acceptors (Lipinski definition) is 2. The van der Waals surface area contributed by atoms with Crippen LogP contribution in [0.25, 0.3) is 0 Å². The minimum Gasteiger partial charge on any atom is -0.323 e. The SMILES string of the molecule is Cc1ccccc1CN(C)C(C)C(N)c1ccccc1. The van der Waals surface area contributed by atoms with E-state index in [1.165, 1.54) is 16.7 Å². The number of likely N-dealkylation sites (N-methyl/N-ethyl adjacent to an activating group) is 1. The summed E-state index contributed by atoms with van der Waals surface area (Å²) in [5.41, 5.74) is 10.3. The second-order valence-corrected chi connectivity index (χ2v) is 5.52. The molecule has 0 aliphatic heterocycles. The molecule has 0 aromatic heterocycles. The molecule has 2 aromatic rings. The van der Waals surface area contributed by atoms with E-state index < -0.39 is 0 Å². The highest BCUT2D eigenvalue weighted by molar-refractivity contribution is 5.26. The van der Waals surface area contributed by atoms with Crippen molar-refractivity contribution in [1.82, 2.24) is 4.90 Å². The average molecular weight is 268 g/mol. The number of benzene rings is 2. The van der Waals surface area contributed by atoms with E-state index in [2.05, 4.69) is 62.2 Å². The van der Waals surface area contributed by atoms with E-state index in [1.807, 2.05) is 18.2 Å². The van der Waals surface area contributed by atoms with Crippen molar-refractivity contribution in [3.63, 3.8) is 0 Å². The second kappa shape index (κ2) is 6.69. The predicted octanol–water partition coefficient (Wildman–Crippen LogP) is 3.52. The molecule has 2 atom stereocenters. The maximum atomic E-state index is 6.39. The minimum absolute atomic E-state index is 0.0326. The molecule has 0 saturated heterocycles. The Hall–Kier alpha value is -1.64. The zero-order chi connectivity index (χ0) is 14.5. The molecular formula is C18H24N2. The first-order chi connectivity index (χ1) is 9.59. The van der Waals surface area contributed by atoms with Gasteiger partial charge in [0.15, 0.2) is 0 Å². The normalized spacial score (nSPS) is 14.2. The maximum Gasteiger partial charge on any atom is 0.0450 e. The summed E-state index contributed by atoms with van der Waals surface area (Å²) in [5.74, 6) is 0. The highest BCUT2D eigenvalue weighted by atomic mass is 15.1. The summed E-state index contributed by atoms with van der Waals surface area (Å²) in [6, 6.07) is 19.2. The van der Waals surface area contributed by atoms with E-state index in [0.29, 0.717) is 0 Å². The lowest BCUT2D eigenvalue weighted by atomic mass is 9.99. The van der Waals surface area contributed by atoms with E-state index in [0.717, 1.165) is 6.54 Å². The Morgan fingerprint density at radius 3 is 2.25 bits per heavy atom. The first-order valence-corrected chi connectivity index (χ1v) is 7.15. The molecular weight excluding hydrogens is 244 g/mol. The van der Waals surface area contributed by atoms with Gasteiger partial charge in [0.1, 0.15) is 0 Å². The fraction of sp³-hybridized carbons (Fsp3) is 0.333. The van der Waals surface area contributed by atoms with Crippen molar-refractivity contribution in [2.45, 2.75) is 32.5 Å². The van der Waals surface area contributed by atoms with Crippen LogP contribution < -0.4 is 5.73 Å². The summed E-state index contributed by atoms with van der Waals surface area (Å²) in [5, 5.41) is 0. The quantitative estimate of drug-likeness (QED) is 0.899. The fourth-order valence-corrected chi connectivity index (χ4v) is 2.43. The molecule has 0 bridgehead atoms. The van der Waals surface area contributed by atoms with Crippen LogP contribution in [-0.4, -0.2) is 18.0 Å². The third kappa shape index (κ3) is 3.47. The zero-order valence-corrected chi connectivity index (χ0v) is 12.6. The van der Waals surface area contributed by atoms with Crippen LogP contribution in [0, 0.1) is 6.92 Å². The van der Waals surface area contributed by atoms with Crippen molar-refractivity contribution < 1.29 is 0 Å². The number of rotatable bonds is 5. The van der Waals surface area contributed by atoms with Gasteiger partial charge in [0.2, 0.25) is 0 Å². The van der Waals surface area contributed by atoms with Crippen LogP contribution in [0.3, 0.4) is 0 Å². The topological polar surface area (TPSA) is 29.3 Å². The Morgan fingerprint density at radius 2 is 1.60 bits per heavy atom. The molecule has 0 aliphatic rings. The Bertz CT molecular complexity index is 536. The average Bonchev–Trinajstić information content (AvgIpc) is 2.49. The molecule has 0 radical (unpaired) electrons. The second-order valence-electron chi connectivity index (χ2n) is 5.52. The van der Waals surface area contributed by atoms with Gasteiger partial charge in [-0.2, -0.15) is 0 Å². The van der Waals surface area contributed by atoms with Crippen molar-refractivity contribution in [3.05, 3.63) is 71.3 Å². The number of nitrogens with two attached hydrogens (primary N) is 1. The molecule has 2 rings (SSSR count). The van der Waals surface area contributed by atoms with E-state index in [1.54, 1.807) is 0 Å². The van der Waals surface area contributed by atoms with Gasteiger partial charge in [0.05, 0.1) is 0 Å². The van der Waals surface area contributed by atoms with Gasteiger partial charge in [-0.15, -0.1) is 0 Å². The molecule has 2 N–H and O–H groups in total. The first-order valence-electron chi connectivity index (χ1n) is 7.15. The monoisotopic (exact) mass is 268 g/mol. The van der Waals surface area contributed by atoms with Crippen LogP contribution in [-0.2, 0) is 6.54 Å². The van der Waals surface area contributed by atoms with E-state index in [4.69, 9.17) is 5.73 Å². The third-order valence-electron chi connectivity index (χ3n) is 4.08.